The van der Waals surface area contributed by atoms with E-state index in [0.29, 0.717) is 36.3 Å². The second kappa shape index (κ2) is 7.98. The highest BCUT2D eigenvalue weighted by Gasteiger charge is 2.31. The largest absolute Gasteiger partial charge is 0.573 e. The Hall–Kier alpha value is -3.30. The number of rotatable bonds is 5. The van der Waals surface area contributed by atoms with Gasteiger partial charge in [0.15, 0.2) is 0 Å². The van der Waals surface area contributed by atoms with Gasteiger partial charge in [-0.2, -0.15) is 0 Å². The maximum absolute atomic E-state index is 12.7. The van der Waals surface area contributed by atoms with Crippen molar-refractivity contribution in [2.24, 2.45) is 0 Å². The van der Waals surface area contributed by atoms with Gasteiger partial charge in [0.2, 0.25) is 5.91 Å². The summed E-state index contributed by atoms with van der Waals surface area (Å²) in [6.07, 6.45) is -3.48. The van der Waals surface area contributed by atoms with Gasteiger partial charge in [0.25, 0.3) is 5.69 Å². The summed E-state index contributed by atoms with van der Waals surface area (Å²) >= 11 is 0. The molecule has 0 bridgehead atoms. The summed E-state index contributed by atoms with van der Waals surface area (Å²) in [5.41, 5.74) is 1.81. The number of nitro groups is 1. The molecule has 0 aromatic heterocycles. The minimum Gasteiger partial charge on any atom is -0.406 e. The fourth-order valence-corrected chi connectivity index (χ4v) is 3.22. The van der Waals surface area contributed by atoms with Crippen LogP contribution in [0.1, 0.15) is 12.0 Å². The lowest BCUT2D eigenvalue weighted by atomic mass is 10.0. The van der Waals surface area contributed by atoms with Crippen LogP contribution in [0.2, 0.25) is 0 Å². The Labute approximate surface area is 164 Å². The third-order valence-corrected chi connectivity index (χ3v) is 4.65. The third kappa shape index (κ3) is 4.95. The lowest BCUT2D eigenvalue weighted by Gasteiger charge is -2.32. The van der Waals surface area contributed by atoms with E-state index in [2.05, 4.69) is 4.74 Å². The summed E-state index contributed by atoms with van der Waals surface area (Å²) in [6.45, 7) is 0.617. The van der Waals surface area contributed by atoms with Gasteiger partial charge < -0.3 is 14.5 Å². The number of fused-ring (bicyclic) bond motifs is 1. The van der Waals surface area contributed by atoms with Crippen LogP contribution in [-0.4, -0.2) is 37.3 Å². The average Bonchev–Trinajstić information content (AvgIpc) is 2.66. The molecule has 0 unspecified atom stereocenters. The number of hydrogen-bond donors (Lipinski definition) is 0. The second-order valence-electron chi connectivity index (χ2n) is 6.59. The molecule has 7 nitrogen and oxygen atoms in total. The van der Waals surface area contributed by atoms with Gasteiger partial charge in [0.1, 0.15) is 5.75 Å². The average molecular weight is 409 g/mol. The maximum atomic E-state index is 12.7. The number of nitro benzene ring substituents is 1. The number of aryl methyl sites for hydroxylation is 1. The summed E-state index contributed by atoms with van der Waals surface area (Å²) in [5.74, 6) is -0.533. The summed E-state index contributed by atoms with van der Waals surface area (Å²) < 4.78 is 41.2. The van der Waals surface area contributed by atoms with Gasteiger partial charge in [0, 0.05) is 37.1 Å². The number of likely N-dealkylation sites (N-methyl/N-ethyl adjacent to an activating group) is 1. The molecule has 1 amide bonds. The molecule has 154 valence electrons. The number of anilines is 2. The first-order valence-corrected chi connectivity index (χ1v) is 8.79. The molecule has 0 saturated carbocycles. The smallest absolute Gasteiger partial charge is 0.406 e. The summed E-state index contributed by atoms with van der Waals surface area (Å²) in [7, 11) is 1.56. The van der Waals surface area contributed by atoms with Crippen LogP contribution in [-0.2, 0) is 11.2 Å². The van der Waals surface area contributed by atoms with Gasteiger partial charge in [-0.25, -0.2) is 0 Å². The summed E-state index contributed by atoms with van der Waals surface area (Å²) in [5, 5.41) is 10.7. The Kier molecular flexibility index (Phi) is 5.62. The van der Waals surface area contributed by atoms with Crippen molar-refractivity contribution >= 4 is 23.0 Å². The van der Waals surface area contributed by atoms with Gasteiger partial charge in [-0.3, -0.25) is 14.9 Å². The van der Waals surface area contributed by atoms with Gasteiger partial charge in [-0.15, -0.1) is 13.2 Å². The van der Waals surface area contributed by atoms with E-state index >= 15 is 0 Å². The van der Waals surface area contributed by atoms with Crippen LogP contribution in [0.25, 0.3) is 0 Å². The Morgan fingerprint density at radius 1 is 1.24 bits per heavy atom. The van der Waals surface area contributed by atoms with Crippen molar-refractivity contribution < 1.29 is 27.6 Å². The van der Waals surface area contributed by atoms with Gasteiger partial charge >= 0.3 is 6.36 Å². The molecule has 0 N–H and O–H groups in total. The zero-order chi connectivity index (χ0) is 21.2. The molecular formula is C19H18F3N3O4. The predicted molar refractivity (Wildman–Crippen MR) is 100 cm³/mol. The van der Waals surface area contributed by atoms with Crippen LogP contribution in [0, 0.1) is 10.1 Å². The van der Waals surface area contributed by atoms with Gasteiger partial charge in [-0.1, -0.05) is 0 Å². The van der Waals surface area contributed by atoms with E-state index in [9.17, 15) is 28.1 Å². The molecule has 0 radical (unpaired) electrons. The Balaban J connectivity index is 1.72. The molecule has 0 aliphatic carbocycles. The quantitative estimate of drug-likeness (QED) is 0.553. The number of halogens is 3. The van der Waals surface area contributed by atoms with Crippen molar-refractivity contribution in [2.75, 3.05) is 29.9 Å². The van der Waals surface area contributed by atoms with E-state index in [1.54, 1.807) is 11.9 Å². The number of alkyl halides is 3. The maximum Gasteiger partial charge on any atom is 0.573 e. The molecular weight excluding hydrogens is 391 g/mol. The number of carbonyl (C=O) groups excluding carboxylic acids is 1. The topological polar surface area (TPSA) is 75.9 Å². The van der Waals surface area contributed by atoms with E-state index in [1.165, 1.54) is 47.4 Å². The fraction of sp³-hybridized carbons (Fsp3) is 0.316. The van der Waals surface area contributed by atoms with Gasteiger partial charge in [0.05, 0.1) is 11.5 Å². The van der Waals surface area contributed by atoms with Crippen molar-refractivity contribution in [1.29, 1.82) is 0 Å². The molecule has 1 heterocycles. The highest BCUT2D eigenvalue weighted by molar-refractivity contribution is 5.96. The number of nitrogens with zero attached hydrogens (tertiary/aromatic N) is 3. The highest BCUT2D eigenvalue weighted by Crippen LogP contribution is 2.32. The normalized spacial score (nSPS) is 13.6. The first kappa shape index (κ1) is 20.4. The zero-order valence-corrected chi connectivity index (χ0v) is 15.5. The molecule has 1 aliphatic heterocycles. The summed E-state index contributed by atoms with van der Waals surface area (Å²) in [4.78, 5) is 26.1. The SMILES string of the molecule is CN(C(=O)CN1CCCc2cc(OC(F)(F)F)ccc21)c1ccc([N+](=O)[O-])cc1. The Morgan fingerprint density at radius 2 is 1.93 bits per heavy atom. The van der Waals surface area contributed by atoms with Crippen LogP contribution < -0.4 is 14.5 Å². The van der Waals surface area contributed by atoms with E-state index in [1.807, 2.05) is 0 Å². The molecule has 1 aliphatic rings. The lowest BCUT2D eigenvalue weighted by molar-refractivity contribution is -0.384. The van der Waals surface area contributed by atoms with E-state index in [-0.39, 0.29) is 23.9 Å². The third-order valence-electron chi connectivity index (χ3n) is 4.65. The lowest BCUT2D eigenvalue weighted by Crippen LogP contribution is -2.40. The monoisotopic (exact) mass is 409 g/mol. The molecule has 10 heteroatoms. The fourth-order valence-electron chi connectivity index (χ4n) is 3.22. The number of carbonyl (C=O) groups is 1. The van der Waals surface area contributed by atoms with Crippen molar-refractivity contribution in [2.45, 2.75) is 19.2 Å². The molecule has 2 aromatic rings. The first-order chi connectivity index (χ1) is 13.6. The van der Waals surface area contributed by atoms with Crippen LogP contribution in [0.4, 0.5) is 30.2 Å². The highest BCUT2D eigenvalue weighted by atomic mass is 19.4. The zero-order valence-electron chi connectivity index (χ0n) is 15.5. The molecule has 3 rings (SSSR count). The minimum atomic E-state index is -4.76. The van der Waals surface area contributed by atoms with Crippen LogP contribution in [0.5, 0.6) is 5.75 Å². The molecule has 0 fully saturated rings. The number of benzene rings is 2. The van der Waals surface area contributed by atoms with Crippen LogP contribution in [0.3, 0.4) is 0 Å². The van der Waals surface area contributed by atoms with Crippen molar-refractivity contribution in [3.05, 3.63) is 58.1 Å². The molecule has 0 spiro atoms. The number of ether oxygens (including phenoxy) is 1. The van der Waals surface area contributed by atoms with Crippen molar-refractivity contribution in [1.82, 2.24) is 0 Å². The van der Waals surface area contributed by atoms with Crippen molar-refractivity contribution in [3.8, 4) is 5.75 Å². The first-order valence-electron chi connectivity index (χ1n) is 8.79. The molecule has 29 heavy (non-hydrogen) atoms. The summed E-state index contributed by atoms with van der Waals surface area (Å²) in [6, 6.07) is 9.71. The Bertz CT molecular complexity index is 916. The van der Waals surface area contributed by atoms with Crippen LogP contribution in [0.15, 0.2) is 42.5 Å². The predicted octanol–water partition coefficient (Wildman–Crippen LogP) is 3.91. The van der Waals surface area contributed by atoms with E-state index < -0.39 is 11.3 Å². The van der Waals surface area contributed by atoms with E-state index in [0.717, 1.165) is 0 Å². The molecule has 0 atom stereocenters. The minimum absolute atomic E-state index is 0.0277. The number of hydrogen-bond acceptors (Lipinski definition) is 5. The molecule has 0 saturated heterocycles. The van der Waals surface area contributed by atoms with Crippen molar-refractivity contribution in [3.63, 3.8) is 0 Å². The van der Waals surface area contributed by atoms with Crippen LogP contribution >= 0.6 is 0 Å². The number of non-ortho nitro benzene ring substituents is 1. The second-order valence-corrected chi connectivity index (χ2v) is 6.59. The van der Waals surface area contributed by atoms with Gasteiger partial charge in [-0.05, 0) is 48.7 Å². The van der Waals surface area contributed by atoms with E-state index in [4.69, 9.17) is 0 Å². The number of amides is 1. The standard InChI is InChI=1S/C19H18F3N3O4/c1-23(14-4-6-15(7-5-14)25(27)28)18(26)12-24-10-2-3-13-11-16(8-9-17(13)24)29-19(20,21)22/h4-9,11H,2-3,10,12H2,1H3. The Morgan fingerprint density at radius 3 is 2.55 bits per heavy atom. The molecule has 2 aromatic carbocycles.